The second-order valence-corrected chi connectivity index (χ2v) is 5.89. The average molecular weight is 267 g/mol. The number of halogens is 3. The van der Waals surface area contributed by atoms with Crippen LogP contribution in [0, 0.1) is 0 Å². The Balaban J connectivity index is 2.67. The molecule has 0 radical (unpaired) electrons. The summed E-state index contributed by atoms with van der Waals surface area (Å²) in [5, 5.41) is 0. The third kappa shape index (κ3) is 5.12. The van der Waals surface area contributed by atoms with Gasteiger partial charge in [-0.3, -0.25) is 0 Å². The SMILES string of the molecule is CS(=O)(=O)CCOc1cccc([B-](F)(F)F)c1. The lowest BCUT2D eigenvalue weighted by atomic mass is 9.80. The van der Waals surface area contributed by atoms with Crippen LogP contribution in [0.4, 0.5) is 12.9 Å². The topological polar surface area (TPSA) is 43.4 Å². The lowest BCUT2D eigenvalue weighted by Gasteiger charge is -2.15. The predicted octanol–water partition coefficient (Wildman–Crippen LogP) is 1.16. The molecule has 0 bridgehead atoms. The fourth-order valence-corrected chi connectivity index (χ4v) is 1.50. The molecule has 0 aliphatic carbocycles. The lowest BCUT2D eigenvalue weighted by Crippen LogP contribution is -2.33. The normalized spacial score (nSPS) is 12.5. The van der Waals surface area contributed by atoms with Crippen molar-refractivity contribution < 1.29 is 26.1 Å². The van der Waals surface area contributed by atoms with Gasteiger partial charge in [-0.1, -0.05) is 12.1 Å². The quantitative estimate of drug-likeness (QED) is 0.752. The molecule has 8 heteroatoms. The zero-order valence-corrected chi connectivity index (χ0v) is 9.88. The van der Waals surface area contributed by atoms with Gasteiger partial charge in [-0.25, -0.2) is 8.42 Å². The monoisotopic (exact) mass is 267 g/mol. The van der Waals surface area contributed by atoms with Gasteiger partial charge in [0.15, 0.2) is 9.84 Å². The summed E-state index contributed by atoms with van der Waals surface area (Å²) in [7, 11) is -3.18. The van der Waals surface area contributed by atoms with E-state index < -0.39 is 22.3 Å². The molecule has 1 aromatic carbocycles. The average Bonchev–Trinajstić information content (AvgIpc) is 2.15. The van der Waals surface area contributed by atoms with Crippen molar-refractivity contribution in [3.63, 3.8) is 0 Å². The van der Waals surface area contributed by atoms with Crippen molar-refractivity contribution in [1.29, 1.82) is 0 Å². The minimum absolute atomic E-state index is 0.0188. The molecule has 0 aliphatic rings. The number of hydrogen-bond acceptors (Lipinski definition) is 3. The van der Waals surface area contributed by atoms with E-state index in [0.29, 0.717) is 0 Å². The van der Waals surface area contributed by atoms with Crippen molar-refractivity contribution >= 4 is 22.3 Å². The van der Waals surface area contributed by atoms with Crippen LogP contribution in [0.3, 0.4) is 0 Å². The van der Waals surface area contributed by atoms with Gasteiger partial charge < -0.3 is 17.7 Å². The van der Waals surface area contributed by atoms with Gasteiger partial charge >= 0.3 is 6.98 Å². The molecule has 0 aromatic heterocycles. The molecule has 0 amide bonds. The van der Waals surface area contributed by atoms with Gasteiger partial charge in [-0.15, -0.1) is 5.46 Å². The van der Waals surface area contributed by atoms with Gasteiger partial charge in [0.05, 0.1) is 5.75 Å². The summed E-state index contributed by atoms with van der Waals surface area (Å²) in [5.41, 5.74) is -0.762. The molecule has 0 unspecified atom stereocenters. The van der Waals surface area contributed by atoms with Crippen LogP contribution in [-0.4, -0.2) is 34.0 Å². The summed E-state index contributed by atoms with van der Waals surface area (Å²) in [6, 6.07) is 4.39. The molecule has 0 aliphatic heterocycles. The Morgan fingerprint density at radius 1 is 1.29 bits per heavy atom. The summed E-state index contributed by atoms with van der Waals surface area (Å²) >= 11 is 0. The Labute approximate surface area is 97.6 Å². The van der Waals surface area contributed by atoms with Gasteiger partial charge in [0.2, 0.25) is 0 Å². The Kier molecular flexibility index (Phi) is 4.08. The highest BCUT2D eigenvalue weighted by Crippen LogP contribution is 2.14. The van der Waals surface area contributed by atoms with E-state index >= 15 is 0 Å². The van der Waals surface area contributed by atoms with Gasteiger partial charge in [0.25, 0.3) is 0 Å². The highest BCUT2D eigenvalue weighted by atomic mass is 32.2. The summed E-state index contributed by atoms with van der Waals surface area (Å²) < 4.78 is 63.7. The zero-order valence-electron chi connectivity index (χ0n) is 9.07. The molecule has 0 atom stereocenters. The first kappa shape index (κ1) is 13.9. The van der Waals surface area contributed by atoms with E-state index in [-0.39, 0.29) is 18.1 Å². The third-order valence-electron chi connectivity index (χ3n) is 1.96. The second-order valence-electron chi connectivity index (χ2n) is 3.63. The van der Waals surface area contributed by atoms with Crippen LogP contribution in [-0.2, 0) is 9.84 Å². The maximum atomic E-state index is 12.4. The van der Waals surface area contributed by atoms with Gasteiger partial charge in [0.1, 0.15) is 12.4 Å². The summed E-state index contributed by atoms with van der Waals surface area (Å²) in [5.74, 6) is -0.209. The first-order valence-electron chi connectivity index (χ1n) is 4.79. The van der Waals surface area contributed by atoms with Crippen LogP contribution in [0.1, 0.15) is 0 Å². The van der Waals surface area contributed by atoms with Crippen molar-refractivity contribution in [3.05, 3.63) is 24.3 Å². The number of ether oxygens (including phenoxy) is 1. The Morgan fingerprint density at radius 3 is 2.47 bits per heavy atom. The molecule has 17 heavy (non-hydrogen) atoms. The van der Waals surface area contributed by atoms with E-state index in [0.717, 1.165) is 18.4 Å². The predicted molar refractivity (Wildman–Crippen MR) is 60.4 cm³/mol. The van der Waals surface area contributed by atoms with E-state index in [2.05, 4.69) is 0 Å². The van der Waals surface area contributed by atoms with Crippen molar-refractivity contribution in [2.45, 2.75) is 0 Å². The fraction of sp³-hybridized carbons (Fsp3) is 0.333. The number of rotatable bonds is 5. The van der Waals surface area contributed by atoms with E-state index in [9.17, 15) is 21.4 Å². The molecular formula is C9H11BF3O3S-. The Bertz CT molecular complexity index is 485. The molecule has 0 fully saturated rings. The molecule has 0 heterocycles. The summed E-state index contributed by atoms with van der Waals surface area (Å²) in [6.45, 7) is -5.23. The van der Waals surface area contributed by atoms with Crippen molar-refractivity contribution in [2.24, 2.45) is 0 Å². The molecule has 1 rings (SSSR count). The number of hydrogen-bond donors (Lipinski definition) is 0. The van der Waals surface area contributed by atoms with Crippen LogP contribution < -0.4 is 10.2 Å². The molecule has 1 aromatic rings. The van der Waals surface area contributed by atoms with E-state index in [1.54, 1.807) is 0 Å². The standard InChI is InChI=1S/C9H11BF3O3S/c1-17(14,15)6-5-16-9-4-2-3-8(7-9)10(11,12)13/h2-4,7H,5-6H2,1H3/q-1. The lowest BCUT2D eigenvalue weighted by molar-refractivity contribution is 0.341. The largest absolute Gasteiger partial charge is 0.509 e. The molecule has 0 saturated carbocycles. The van der Waals surface area contributed by atoms with E-state index in [4.69, 9.17) is 4.74 Å². The molecule has 0 saturated heterocycles. The Hall–Kier alpha value is -1.18. The zero-order chi connectivity index (χ0) is 13.1. The van der Waals surface area contributed by atoms with Crippen molar-refractivity contribution in [2.75, 3.05) is 18.6 Å². The molecule has 3 nitrogen and oxygen atoms in total. The first-order chi connectivity index (χ1) is 7.68. The van der Waals surface area contributed by atoms with E-state index in [1.807, 2.05) is 0 Å². The van der Waals surface area contributed by atoms with Crippen LogP contribution in [0.2, 0.25) is 0 Å². The van der Waals surface area contributed by atoms with Gasteiger partial charge in [-0.05, 0) is 12.1 Å². The van der Waals surface area contributed by atoms with E-state index in [1.165, 1.54) is 12.1 Å². The maximum Gasteiger partial charge on any atom is 0.509 e. The van der Waals surface area contributed by atoms with Crippen molar-refractivity contribution in [1.82, 2.24) is 0 Å². The fourth-order valence-electron chi connectivity index (χ4n) is 1.12. The molecule has 96 valence electrons. The minimum Gasteiger partial charge on any atom is -0.493 e. The van der Waals surface area contributed by atoms with Gasteiger partial charge in [0, 0.05) is 6.26 Å². The highest BCUT2D eigenvalue weighted by molar-refractivity contribution is 7.90. The van der Waals surface area contributed by atoms with Crippen LogP contribution in [0.15, 0.2) is 24.3 Å². The van der Waals surface area contributed by atoms with Crippen LogP contribution in [0.25, 0.3) is 0 Å². The highest BCUT2D eigenvalue weighted by Gasteiger charge is 2.25. The summed E-state index contributed by atoms with van der Waals surface area (Å²) in [6.07, 6.45) is 1.03. The van der Waals surface area contributed by atoms with Crippen LogP contribution in [0.5, 0.6) is 5.75 Å². The maximum absolute atomic E-state index is 12.4. The number of sulfone groups is 1. The molecular weight excluding hydrogens is 256 g/mol. The minimum atomic E-state index is -5.07. The third-order valence-corrected chi connectivity index (χ3v) is 2.87. The molecule has 0 spiro atoms. The van der Waals surface area contributed by atoms with Crippen LogP contribution >= 0.6 is 0 Å². The Morgan fingerprint density at radius 2 is 1.94 bits per heavy atom. The van der Waals surface area contributed by atoms with Crippen molar-refractivity contribution in [3.8, 4) is 5.75 Å². The second kappa shape index (κ2) is 4.99. The molecule has 0 N–H and O–H groups in total. The first-order valence-corrected chi connectivity index (χ1v) is 6.85. The number of benzene rings is 1. The smallest absolute Gasteiger partial charge is 0.493 e. The summed E-state index contributed by atoms with van der Waals surface area (Å²) in [4.78, 5) is 0. The van der Waals surface area contributed by atoms with Gasteiger partial charge in [-0.2, -0.15) is 0 Å².